The largest absolute Gasteiger partial charge is 0.365 e. The molecule has 2 atom stereocenters. The summed E-state index contributed by atoms with van der Waals surface area (Å²) in [6, 6.07) is 18.3. The average Bonchev–Trinajstić information content (AvgIpc) is 3.52. The first kappa shape index (κ1) is 17.5. The first-order chi connectivity index (χ1) is 12.7. The highest BCUT2D eigenvalue weighted by Crippen LogP contribution is 2.38. The number of amides is 1. The van der Waals surface area contributed by atoms with Crippen LogP contribution in [-0.4, -0.2) is 36.1 Å². The van der Waals surface area contributed by atoms with Gasteiger partial charge in [-0.15, -0.1) is 0 Å². The second kappa shape index (κ2) is 7.78. The highest BCUT2D eigenvalue weighted by Gasteiger charge is 2.43. The molecule has 1 aliphatic carbocycles. The van der Waals surface area contributed by atoms with Crippen molar-refractivity contribution in [3.8, 4) is 0 Å². The van der Waals surface area contributed by atoms with Crippen LogP contribution in [0.25, 0.3) is 0 Å². The minimum Gasteiger partial charge on any atom is -0.365 e. The van der Waals surface area contributed by atoms with E-state index in [1.54, 1.807) is 0 Å². The molecule has 2 aliphatic rings. The molecule has 2 fully saturated rings. The first-order valence-electron chi connectivity index (χ1n) is 9.17. The second-order valence-corrected chi connectivity index (χ2v) is 7.40. The molecule has 4 rings (SSSR count). The number of halogens is 1. The Hall–Kier alpha value is -1.88. The van der Waals surface area contributed by atoms with Crippen LogP contribution in [0.15, 0.2) is 54.6 Å². The maximum Gasteiger partial charge on any atom is 0.251 e. The number of hydrogen-bond donors (Lipinski definition) is 1. The van der Waals surface area contributed by atoms with Crippen LogP contribution in [0.4, 0.5) is 0 Å². The average molecular weight is 371 g/mol. The van der Waals surface area contributed by atoms with Crippen LogP contribution in [0.3, 0.4) is 0 Å². The van der Waals surface area contributed by atoms with Gasteiger partial charge in [-0.1, -0.05) is 54.1 Å². The Balaban J connectivity index is 1.50. The normalized spacial score (nSPS) is 23.6. The molecule has 2 aromatic rings. The maximum absolute atomic E-state index is 12.9. The van der Waals surface area contributed by atoms with Crippen molar-refractivity contribution in [2.24, 2.45) is 0 Å². The summed E-state index contributed by atoms with van der Waals surface area (Å²) < 4.78 is 5.95. The van der Waals surface area contributed by atoms with Gasteiger partial charge >= 0.3 is 0 Å². The topological polar surface area (TPSA) is 41.6 Å². The summed E-state index contributed by atoms with van der Waals surface area (Å²) in [5, 5.41) is 3.73. The van der Waals surface area contributed by atoms with Crippen molar-refractivity contribution < 1.29 is 9.53 Å². The molecule has 4 nitrogen and oxygen atoms in total. The fourth-order valence-electron chi connectivity index (χ4n) is 3.63. The van der Waals surface area contributed by atoms with Crippen LogP contribution >= 0.6 is 11.6 Å². The molecule has 1 heterocycles. The SMILES string of the molecule is O=C(NCc1ccc(Cl)cc1)[C@@H]1OCCN(C2CC2)[C@H]1c1ccccc1. The minimum absolute atomic E-state index is 0.0253. The lowest BCUT2D eigenvalue weighted by molar-refractivity contribution is -0.146. The van der Waals surface area contributed by atoms with Crippen molar-refractivity contribution in [2.75, 3.05) is 13.2 Å². The summed E-state index contributed by atoms with van der Waals surface area (Å²) >= 11 is 5.92. The standard InChI is InChI=1S/C21H23ClN2O2/c22-17-8-6-15(7-9-17)14-23-21(25)20-19(16-4-2-1-3-5-16)24(12-13-26-20)18-10-11-18/h1-9,18-20H,10-14H2,(H,23,25)/t19-,20+/m0/s1. The number of benzene rings is 2. The predicted molar refractivity (Wildman–Crippen MR) is 102 cm³/mol. The number of hydrogen-bond acceptors (Lipinski definition) is 3. The van der Waals surface area contributed by atoms with Gasteiger partial charge in [0.25, 0.3) is 5.91 Å². The zero-order chi connectivity index (χ0) is 17.9. The zero-order valence-electron chi connectivity index (χ0n) is 14.6. The summed E-state index contributed by atoms with van der Waals surface area (Å²) in [6.45, 7) is 1.95. The number of morpholine rings is 1. The van der Waals surface area contributed by atoms with Gasteiger partial charge in [0.05, 0.1) is 12.6 Å². The van der Waals surface area contributed by atoms with Crippen LogP contribution in [0.2, 0.25) is 5.02 Å². The lowest BCUT2D eigenvalue weighted by Gasteiger charge is -2.41. The van der Waals surface area contributed by atoms with E-state index in [-0.39, 0.29) is 11.9 Å². The van der Waals surface area contributed by atoms with Crippen LogP contribution in [0.1, 0.15) is 30.0 Å². The molecule has 0 aromatic heterocycles. The summed E-state index contributed by atoms with van der Waals surface area (Å²) in [6.07, 6.45) is 1.93. The van der Waals surface area contributed by atoms with Gasteiger partial charge in [-0.2, -0.15) is 0 Å². The Labute approximate surface area is 159 Å². The molecule has 1 amide bonds. The third kappa shape index (κ3) is 3.93. The van der Waals surface area contributed by atoms with Crippen molar-refractivity contribution >= 4 is 17.5 Å². The van der Waals surface area contributed by atoms with Gasteiger partial charge in [-0.05, 0) is 36.1 Å². The summed E-state index contributed by atoms with van der Waals surface area (Å²) in [4.78, 5) is 15.4. The zero-order valence-corrected chi connectivity index (χ0v) is 15.4. The molecule has 1 saturated heterocycles. The van der Waals surface area contributed by atoms with Gasteiger partial charge in [-0.25, -0.2) is 0 Å². The van der Waals surface area contributed by atoms with E-state index in [2.05, 4.69) is 22.3 Å². The van der Waals surface area contributed by atoms with Gasteiger partial charge in [0.2, 0.25) is 0 Å². The van der Waals surface area contributed by atoms with E-state index < -0.39 is 6.10 Å². The molecule has 26 heavy (non-hydrogen) atoms. The van der Waals surface area contributed by atoms with Crippen LogP contribution in [0.5, 0.6) is 0 Å². The molecule has 1 saturated carbocycles. The van der Waals surface area contributed by atoms with Crippen molar-refractivity contribution in [3.63, 3.8) is 0 Å². The van der Waals surface area contributed by atoms with Crippen molar-refractivity contribution in [3.05, 3.63) is 70.7 Å². The Morgan fingerprint density at radius 2 is 1.85 bits per heavy atom. The predicted octanol–water partition coefficient (Wildman–Crippen LogP) is 3.56. The van der Waals surface area contributed by atoms with E-state index in [4.69, 9.17) is 16.3 Å². The minimum atomic E-state index is -0.487. The summed E-state index contributed by atoms with van der Waals surface area (Å²) in [5.74, 6) is -0.0563. The monoisotopic (exact) mass is 370 g/mol. The summed E-state index contributed by atoms with van der Waals surface area (Å²) in [5.41, 5.74) is 2.17. The number of ether oxygens (including phenoxy) is 1. The molecular formula is C21H23ClN2O2. The fraction of sp³-hybridized carbons (Fsp3) is 0.381. The van der Waals surface area contributed by atoms with Gasteiger partial charge in [0.1, 0.15) is 0 Å². The Morgan fingerprint density at radius 1 is 1.12 bits per heavy atom. The third-order valence-electron chi connectivity index (χ3n) is 5.09. The third-order valence-corrected chi connectivity index (χ3v) is 5.34. The molecule has 0 unspecified atom stereocenters. The molecule has 136 valence electrons. The number of carbonyl (C=O) groups excluding carboxylic acids is 1. The van der Waals surface area contributed by atoms with Crippen LogP contribution in [0, 0.1) is 0 Å². The molecule has 5 heteroatoms. The molecule has 0 radical (unpaired) electrons. The Kier molecular flexibility index (Phi) is 5.25. The quantitative estimate of drug-likeness (QED) is 0.875. The van der Waals surface area contributed by atoms with E-state index in [1.807, 2.05) is 42.5 Å². The molecule has 0 spiro atoms. The number of nitrogens with one attached hydrogen (secondary N) is 1. The highest BCUT2D eigenvalue weighted by molar-refractivity contribution is 6.30. The van der Waals surface area contributed by atoms with E-state index in [1.165, 1.54) is 12.8 Å². The summed E-state index contributed by atoms with van der Waals surface area (Å²) in [7, 11) is 0. The van der Waals surface area contributed by atoms with E-state index in [9.17, 15) is 4.79 Å². The lowest BCUT2D eigenvalue weighted by atomic mass is 9.97. The van der Waals surface area contributed by atoms with Gasteiger partial charge < -0.3 is 10.1 Å². The maximum atomic E-state index is 12.9. The lowest BCUT2D eigenvalue weighted by Crippen LogP contribution is -2.52. The molecule has 0 bridgehead atoms. The van der Waals surface area contributed by atoms with Gasteiger partial charge in [0.15, 0.2) is 6.10 Å². The highest BCUT2D eigenvalue weighted by atomic mass is 35.5. The molecule has 1 aliphatic heterocycles. The fourth-order valence-corrected chi connectivity index (χ4v) is 3.76. The van der Waals surface area contributed by atoms with Gasteiger partial charge in [-0.3, -0.25) is 9.69 Å². The van der Waals surface area contributed by atoms with Crippen molar-refractivity contribution in [1.29, 1.82) is 0 Å². The molecular weight excluding hydrogens is 348 g/mol. The van der Waals surface area contributed by atoms with Crippen LogP contribution in [-0.2, 0) is 16.1 Å². The van der Waals surface area contributed by atoms with Crippen LogP contribution < -0.4 is 5.32 Å². The Bertz CT molecular complexity index is 746. The number of nitrogens with zero attached hydrogens (tertiary/aromatic N) is 1. The van der Waals surface area contributed by atoms with E-state index in [0.29, 0.717) is 24.2 Å². The van der Waals surface area contributed by atoms with E-state index >= 15 is 0 Å². The van der Waals surface area contributed by atoms with E-state index in [0.717, 1.165) is 17.7 Å². The Morgan fingerprint density at radius 3 is 2.54 bits per heavy atom. The smallest absolute Gasteiger partial charge is 0.251 e. The number of carbonyl (C=O) groups is 1. The first-order valence-corrected chi connectivity index (χ1v) is 9.54. The van der Waals surface area contributed by atoms with Crippen molar-refractivity contribution in [2.45, 2.75) is 37.6 Å². The van der Waals surface area contributed by atoms with Crippen molar-refractivity contribution in [1.82, 2.24) is 10.2 Å². The molecule has 1 N–H and O–H groups in total. The van der Waals surface area contributed by atoms with Gasteiger partial charge in [0, 0.05) is 24.2 Å². The molecule has 2 aromatic carbocycles. The number of rotatable bonds is 5. The second-order valence-electron chi connectivity index (χ2n) is 6.96.